The average molecular weight is 441 g/mol. The predicted octanol–water partition coefficient (Wildman–Crippen LogP) is 3.78. The molecule has 4 aromatic heterocycles. The molecule has 1 saturated heterocycles. The van der Waals surface area contributed by atoms with Crippen molar-refractivity contribution in [2.75, 3.05) is 37.6 Å². The van der Waals surface area contributed by atoms with Crippen LogP contribution in [0.5, 0.6) is 0 Å². The summed E-state index contributed by atoms with van der Waals surface area (Å²) in [6.45, 7) is 9.00. The quantitative estimate of drug-likeness (QED) is 0.471. The van der Waals surface area contributed by atoms with Crippen molar-refractivity contribution < 1.29 is 4.42 Å². The van der Waals surface area contributed by atoms with Crippen LogP contribution in [0.3, 0.4) is 0 Å². The largest absolute Gasteiger partial charge is 0.453 e. The maximum absolute atomic E-state index is 13.0. The molecule has 5 heterocycles. The summed E-state index contributed by atoms with van der Waals surface area (Å²) in [6, 6.07) is 9.44. The summed E-state index contributed by atoms with van der Waals surface area (Å²) < 4.78 is 7.64. The second kappa shape index (κ2) is 7.85. The number of pyridine rings is 2. The first-order valence-corrected chi connectivity index (χ1v) is 11.5. The van der Waals surface area contributed by atoms with Crippen molar-refractivity contribution in [3.8, 4) is 11.5 Å². The Hall–Kier alpha value is -3.45. The number of hydrogen-bond donors (Lipinski definition) is 0. The minimum Gasteiger partial charge on any atom is -0.453 e. The Balaban J connectivity index is 1.25. The van der Waals surface area contributed by atoms with Gasteiger partial charge < -0.3 is 9.32 Å². The number of hydrogen-bond acceptors (Lipinski definition) is 6. The van der Waals surface area contributed by atoms with Crippen LogP contribution in [0, 0.1) is 20.3 Å². The molecular weight excluding hydrogens is 414 g/mol. The third-order valence-electron chi connectivity index (χ3n) is 6.55. The van der Waals surface area contributed by atoms with Crippen LogP contribution in [0.2, 0.25) is 0 Å². The van der Waals surface area contributed by atoms with E-state index in [1.165, 1.54) is 5.57 Å². The average Bonchev–Trinajstić information content (AvgIpc) is 3.54. The normalized spacial score (nSPS) is 16.5. The maximum Gasteiger partial charge on any atom is 0.258 e. The van der Waals surface area contributed by atoms with Crippen molar-refractivity contribution in [1.82, 2.24) is 19.3 Å². The fourth-order valence-electron chi connectivity index (χ4n) is 4.64. The van der Waals surface area contributed by atoms with Crippen LogP contribution in [0.4, 0.5) is 5.69 Å². The SMILES string of the molecule is Cc1cc2cc(-c3cc(=O)n4cc(N5CCN(CCC6=C[CH]6)CC5)ccc4n3)oc2c(C)n1. The summed E-state index contributed by atoms with van der Waals surface area (Å²) in [7, 11) is 0. The second-order valence-corrected chi connectivity index (χ2v) is 8.96. The summed E-state index contributed by atoms with van der Waals surface area (Å²) in [5.41, 5.74) is 6.07. The maximum atomic E-state index is 13.0. The van der Waals surface area contributed by atoms with Crippen molar-refractivity contribution in [3.05, 3.63) is 76.3 Å². The Bertz CT molecular complexity index is 1460. The number of furan rings is 1. The lowest BCUT2D eigenvalue weighted by atomic mass is 10.2. The lowest BCUT2D eigenvalue weighted by Crippen LogP contribution is -2.46. The number of rotatable bonds is 5. The standard InChI is InChI=1S/C26H26N5O2/c1-17-13-20-14-23(33-26(20)18(2)27-17)22-15-25(32)31-16-21(5-6-24(31)28-22)30-11-9-29(10-12-30)8-7-19-3-4-19/h3-6,13-16H,7-12H2,1-2H3. The number of allylic oxidation sites excluding steroid dienone is 1. The van der Waals surface area contributed by atoms with E-state index in [4.69, 9.17) is 9.40 Å². The predicted molar refractivity (Wildman–Crippen MR) is 130 cm³/mol. The van der Waals surface area contributed by atoms with Crippen molar-refractivity contribution in [1.29, 1.82) is 0 Å². The van der Waals surface area contributed by atoms with E-state index in [9.17, 15) is 4.79 Å². The fourth-order valence-corrected chi connectivity index (χ4v) is 4.64. The van der Waals surface area contributed by atoms with Gasteiger partial charge in [0.25, 0.3) is 5.56 Å². The van der Waals surface area contributed by atoms with Gasteiger partial charge in [0.15, 0.2) is 11.3 Å². The van der Waals surface area contributed by atoms with E-state index in [2.05, 4.69) is 33.3 Å². The van der Waals surface area contributed by atoms with Crippen LogP contribution in [-0.4, -0.2) is 52.0 Å². The first-order valence-electron chi connectivity index (χ1n) is 11.5. The first-order chi connectivity index (χ1) is 16.0. The Morgan fingerprint density at radius 2 is 1.85 bits per heavy atom. The van der Waals surface area contributed by atoms with E-state index in [0.717, 1.165) is 67.2 Å². The van der Waals surface area contributed by atoms with Gasteiger partial charge in [-0.15, -0.1) is 0 Å². The molecule has 0 bridgehead atoms. The van der Waals surface area contributed by atoms with Crippen molar-refractivity contribution in [2.24, 2.45) is 0 Å². The first kappa shape index (κ1) is 20.2. The smallest absolute Gasteiger partial charge is 0.258 e. The van der Waals surface area contributed by atoms with Crippen LogP contribution in [0.1, 0.15) is 17.8 Å². The zero-order valence-corrected chi connectivity index (χ0v) is 18.9. The molecule has 6 rings (SSSR count). The highest BCUT2D eigenvalue weighted by molar-refractivity contribution is 5.84. The monoisotopic (exact) mass is 440 g/mol. The molecular formula is C26H26N5O2. The van der Waals surface area contributed by atoms with Gasteiger partial charge >= 0.3 is 0 Å². The van der Waals surface area contributed by atoms with Gasteiger partial charge in [-0.1, -0.05) is 11.6 Å². The lowest BCUT2D eigenvalue weighted by Gasteiger charge is -2.36. The third-order valence-corrected chi connectivity index (χ3v) is 6.55. The Labute approximate surface area is 192 Å². The highest BCUT2D eigenvalue weighted by Gasteiger charge is 2.19. The highest BCUT2D eigenvalue weighted by atomic mass is 16.3. The molecule has 4 aromatic rings. The van der Waals surface area contributed by atoms with Crippen molar-refractivity contribution >= 4 is 22.3 Å². The molecule has 7 heteroatoms. The molecule has 33 heavy (non-hydrogen) atoms. The number of piperazine rings is 1. The van der Waals surface area contributed by atoms with Gasteiger partial charge in [0.2, 0.25) is 0 Å². The molecule has 0 amide bonds. The molecule has 0 atom stereocenters. The third kappa shape index (κ3) is 3.93. The van der Waals surface area contributed by atoms with Gasteiger partial charge in [-0.05, 0) is 44.5 Å². The van der Waals surface area contributed by atoms with Crippen molar-refractivity contribution in [3.63, 3.8) is 0 Å². The van der Waals surface area contributed by atoms with E-state index < -0.39 is 0 Å². The highest BCUT2D eigenvalue weighted by Crippen LogP contribution is 2.29. The van der Waals surface area contributed by atoms with E-state index in [1.807, 2.05) is 38.2 Å². The van der Waals surface area contributed by atoms with Gasteiger partial charge in [-0.2, -0.15) is 0 Å². The van der Waals surface area contributed by atoms with Crippen LogP contribution in [-0.2, 0) is 0 Å². The molecule has 1 radical (unpaired) electrons. The molecule has 167 valence electrons. The molecule has 0 aromatic carbocycles. The summed E-state index contributed by atoms with van der Waals surface area (Å²) >= 11 is 0. The second-order valence-electron chi connectivity index (χ2n) is 8.96. The van der Waals surface area contributed by atoms with E-state index in [-0.39, 0.29) is 5.56 Å². The van der Waals surface area contributed by atoms with E-state index in [1.54, 1.807) is 10.5 Å². The van der Waals surface area contributed by atoms with Gasteiger partial charge in [0.05, 0.1) is 11.4 Å². The Morgan fingerprint density at radius 3 is 2.64 bits per heavy atom. The Morgan fingerprint density at radius 1 is 1.03 bits per heavy atom. The molecule has 0 unspecified atom stereocenters. The number of aryl methyl sites for hydroxylation is 2. The number of anilines is 1. The molecule has 1 aliphatic heterocycles. The molecule has 2 aliphatic rings. The number of fused-ring (bicyclic) bond motifs is 2. The topological polar surface area (TPSA) is 66.9 Å². The molecule has 1 fully saturated rings. The summed E-state index contributed by atoms with van der Waals surface area (Å²) in [6.07, 6.45) is 7.44. The van der Waals surface area contributed by atoms with Gasteiger partial charge in [-0.3, -0.25) is 19.1 Å². The minimum atomic E-state index is -0.115. The summed E-state index contributed by atoms with van der Waals surface area (Å²) in [5, 5.41) is 0.971. The molecule has 0 spiro atoms. The zero-order chi connectivity index (χ0) is 22.5. The fraction of sp³-hybridized carbons (Fsp3) is 0.308. The van der Waals surface area contributed by atoms with Crippen molar-refractivity contribution in [2.45, 2.75) is 20.3 Å². The molecule has 1 aliphatic carbocycles. The summed E-state index contributed by atoms with van der Waals surface area (Å²) in [5.74, 6) is 0.583. The van der Waals surface area contributed by atoms with Gasteiger partial charge in [0, 0.05) is 62.5 Å². The van der Waals surface area contributed by atoms with E-state index in [0.29, 0.717) is 17.1 Å². The molecule has 7 nitrogen and oxygen atoms in total. The minimum absolute atomic E-state index is 0.115. The van der Waals surface area contributed by atoms with Crippen LogP contribution in [0.15, 0.2) is 57.4 Å². The van der Waals surface area contributed by atoms with Crippen LogP contribution in [0.25, 0.3) is 28.1 Å². The number of nitrogens with zero attached hydrogens (tertiary/aromatic N) is 5. The van der Waals surface area contributed by atoms with Crippen LogP contribution < -0.4 is 10.5 Å². The summed E-state index contributed by atoms with van der Waals surface area (Å²) in [4.78, 5) is 27.0. The molecule has 0 N–H and O–H groups in total. The Kier molecular flexibility index (Phi) is 4.80. The van der Waals surface area contributed by atoms with E-state index >= 15 is 0 Å². The van der Waals surface area contributed by atoms with Gasteiger partial charge in [-0.25, -0.2) is 4.98 Å². The zero-order valence-electron chi connectivity index (χ0n) is 18.9. The number of aromatic nitrogens is 3. The van der Waals surface area contributed by atoms with Gasteiger partial charge in [0.1, 0.15) is 11.3 Å². The lowest BCUT2D eigenvalue weighted by molar-refractivity contribution is 0.262. The molecule has 0 saturated carbocycles. The van der Waals surface area contributed by atoms with Crippen LogP contribution >= 0.6 is 0 Å².